The molecule has 126 valence electrons. The Kier molecular flexibility index (Phi) is 3.68. The molecule has 7 heteroatoms. The molecule has 0 aliphatic carbocycles. The molecule has 3 heterocycles. The van der Waals surface area contributed by atoms with Crippen LogP contribution in [0.3, 0.4) is 0 Å². The van der Waals surface area contributed by atoms with E-state index in [1.807, 2.05) is 30.3 Å². The van der Waals surface area contributed by atoms with Crippen molar-refractivity contribution in [2.24, 2.45) is 7.05 Å². The molecule has 7 nitrogen and oxygen atoms in total. The molecule has 2 aromatic heterocycles. The summed E-state index contributed by atoms with van der Waals surface area (Å²) < 4.78 is 1.69. The fraction of sp³-hybridized carbons (Fsp3) is 0.222. The molecule has 1 N–H and O–H groups in total. The van der Waals surface area contributed by atoms with Crippen molar-refractivity contribution < 1.29 is 4.79 Å². The molecular weight excluding hydrogens is 318 g/mol. The van der Waals surface area contributed by atoms with Crippen molar-refractivity contribution in [3.63, 3.8) is 0 Å². The molecule has 3 aromatic rings. The van der Waals surface area contributed by atoms with E-state index in [4.69, 9.17) is 0 Å². The van der Waals surface area contributed by atoms with Crippen molar-refractivity contribution in [2.45, 2.75) is 13.0 Å². The maximum Gasteiger partial charge on any atom is 0.272 e. The molecule has 1 amide bonds. The monoisotopic (exact) mass is 335 g/mol. The van der Waals surface area contributed by atoms with E-state index in [9.17, 15) is 9.59 Å². The molecule has 25 heavy (non-hydrogen) atoms. The molecular formula is C18H17N5O2. The van der Waals surface area contributed by atoms with Gasteiger partial charge in [-0.15, -0.1) is 0 Å². The Morgan fingerprint density at radius 1 is 1.24 bits per heavy atom. The number of aromatic amines is 1. The van der Waals surface area contributed by atoms with Crippen LogP contribution < -0.4 is 5.56 Å². The molecule has 0 bridgehead atoms. The van der Waals surface area contributed by atoms with Crippen molar-refractivity contribution in [1.29, 1.82) is 0 Å². The van der Waals surface area contributed by atoms with Gasteiger partial charge in [0.15, 0.2) is 0 Å². The highest BCUT2D eigenvalue weighted by molar-refractivity contribution is 5.92. The second-order valence-electron chi connectivity index (χ2n) is 6.07. The Labute approximate surface area is 144 Å². The molecule has 0 atom stereocenters. The molecule has 0 spiro atoms. The topological polar surface area (TPSA) is 83.9 Å². The zero-order valence-electron chi connectivity index (χ0n) is 13.8. The number of nitrogens with zero attached hydrogens (tertiary/aromatic N) is 4. The van der Waals surface area contributed by atoms with Gasteiger partial charge in [-0.25, -0.2) is 9.97 Å². The van der Waals surface area contributed by atoms with Crippen molar-refractivity contribution >= 4 is 5.91 Å². The number of imidazole rings is 1. The number of aromatic nitrogens is 4. The number of hydrogen-bond acceptors (Lipinski definition) is 4. The third kappa shape index (κ3) is 2.73. The number of rotatable bonds is 2. The van der Waals surface area contributed by atoms with Crippen LogP contribution >= 0.6 is 0 Å². The number of amides is 1. The fourth-order valence-corrected chi connectivity index (χ4v) is 3.07. The molecule has 1 aliphatic rings. The summed E-state index contributed by atoms with van der Waals surface area (Å²) in [4.78, 5) is 38.2. The molecule has 0 fully saturated rings. The Morgan fingerprint density at radius 2 is 2.04 bits per heavy atom. The zero-order valence-corrected chi connectivity index (χ0v) is 13.8. The number of carbonyl (C=O) groups is 1. The highest BCUT2D eigenvalue weighted by atomic mass is 16.2. The van der Waals surface area contributed by atoms with Gasteiger partial charge in [-0.3, -0.25) is 9.59 Å². The lowest BCUT2D eigenvalue weighted by atomic mass is 10.1. The minimum atomic E-state index is -0.128. The maximum atomic E-state index is 12.7. The van der Waals surface area contributed by atoms with Crippen LogP contribution in [0.15, 0.2) is 47.7 Å². The SMILES string of the molecule is Cn1cncc1C(=O)N1CCc2c(nc(-c3ccccc3)[nH]c2=O)C1. The second-order valence-corrected chi connectivity index (χ2v) is 6.07. The summed E-state index contributed by atoms with van der Waals surface area (Å²) in [6.07, 6.45) is 3.65. The van der Waals surface area contributed by atoms with Crippen LogP contribution in [0.25, 0.3) is 11.4 Å². The van der Waals surface area contributed by atoms with Crippen LogP contribution in [0.2, 0.25) is 0 Å². The molecule has 0 unspecified atom stereocenters. The predicted molar refractivity (Wildman–Crippen MR) is 91.9 cm³/mol. The lowest BCUT2D eigenvalue weighted by Crippen LogP contribution is -2.39. The summed E-state index contributed by atoms with van der Waals surface area (Å²) in [5, 5.41) is 0. The second kappa shape index (κ2) is 6.01. The summed E-state index contributed by atoms with van der Waals surface area (Å²) in [6.45, 7) is 0.815. The molecule has 1 aromatic carbocycles. The summed E-state index contributed by atoms with van der Waals surface area (Å²) in [6, 6.07) is 9.49. The third-order valence-electron chi connectivity index (χ3n) is 4.44. The van der Waals surface area contributed by atoms with Gasteiger partial charge in [0.1, 0.15) is 11.5 Å². The normalized spacial score (nSPS) is 13.6. The van der Waals surface area contributed by atoms with E-state index in [1.165, 1.54) is 0 Å². The minimum absolute atomic E-state index is 0.103. The van der Waals surface area contributed by atoms with Gasteiger partial charge in [-0.2, -0.15) is 0 Å². The standard InChI is InChI=1S/C18H17N5O2/c1-22-11-19-9-15(22)18(25)23-8-7-13-14(10-23)20-16(21-17(13)24)12-5-3-2-4-6-12/h2-6,9,11H,7-8,10H2,1H3,(H,20,21,24). The minimum Gasteiger partial charge on any atom is -0.331 e. The lowest BCUT2D eigenvalue weighted by molar-refractivity contribution is 0.0721. The van der Waals surface area contributed by atoms with E-state index in [-0.39, 0.29) is 11.5 Å². The van der Waals surface area contributed by atoms with E-state index in [1.54, 1.807) is 29.0 Å². The number of benzene rings is 1. The Bertz CT molecular complexity index is 990. The fourth-order valence-electron chi connectivity index (χ4n) is 3.07. The first-order chi connectivity index (χ1) is 12.1. The van der Waals surface area contributed by atoms with E-state index in [2.05, 4.69) is 15.0 Å². The van der Waals surface area contributed by atoms with Crippen LogP contribution in [0.4, 0.5) is 0 Å². The van der Waals surface area contributed by atoms with E-state index < -0.39 is 0 Å². The molecule has 0 radical (unpaired) electrons. The number of fused-ring (bicyclic) bond motifs is 1. The molecule has 0 saturated heterocycles. The largest absolute Gasteiger partial charge is 0.331 e. The van der Waals surface area contributed by atoms with Crippen LogP contribution in [-0.4, -0.2) is 36.9 Å². The Morgan fingerprint density at radius 3 is 2.76 bits per heavy atom. The van der Waals surface area contributed by atoms with Gasteiger partial charge in [0.05, 0.1) is 24.8 Å². The number of carbonyl (C=O) groups excluding carboxylic acids is 1. The van der Waals surface area contributed by atoms with Crippen molar-refractivity contribution in [2.75, 3.05) is 6.54 Å². The summed E-state index contributed by atoms with van der Waals surface area (Å²) in [7, 11) is 1.79. The first-order valence-corrected chi connectivity index (χ1v) is 8.06. The van der Waals surface area contributed by atoms with E-state index in [0.29, 0.717) is 42.3 Å². The Balaban J connectivity index is 1.68. The summed E-state index contributed by atoms with van der Waals surface area (Å²) in [5.74, 6) is 0.424. The average molecular weight is 335 g/mol. The first-order valence-electron chi connectivity index (χ1n) is 8.06. The van der Waals surface area contributed by atoms with Crippen LogP contribution in [0.1, 0.15) is 21.7 Å². The van der Waals surface area contributed by atoms with Gasteiger partial charge < -0.3 is 14.5 Å². The average Bonchev–Trinajstić information content (AvgIpc) is 3.07. The highest BCUT2D eigenvalue weighted by Gasteiger charge is 2.26. The first kappa shape index (κ1) is 15.3. The van der Waals surface area contributed by atoms with Crippen LogP contribution in [0.5, 0.6) is 0 Å². The van der Waals surface area contributed by atoms with Gasteiger partial charge in [0.2, 0.25) is 0 Å². The third-order valence-corrected chi connectivity index (χ3v) is 4.44. The quantitative estimate of drug-likeness (QED) is 0.766. The lowest BCUT2D eigenvalue weighted by Gasteiger charge is -2.27. The molecule has 1 aliphatic heterocycles. The summed E-state index contributed by atoms with van der Waals surface area (Å²) in [5.41, 5.74) is 2.56. The van der Waals surface area contributed by atoms with Crippen molar-refractivity contribution in [3.05, 3.63) is 70.2 Å². The highest BCUT2D eigenvalue weighted by Crippen LogP contribution is 2.19. The van der Waals surface area contributed by atoms with Gasteiger partial charge in [0.25, 0.3) is 11.5 Å². The van der Waals surface area contributed by atoms with Crippen molar-refractivity contribution in [3.8, 4) is 11.4 Å². The maximum absolute atomic E-state index is 12.7. The van der Waals surface area contributed by atoms with Crippen LogP contribution in [0, 0.1) is 0 Å². The number of nitrogens with one attached hydrogen (secondary N) is 1. The van der Waals surface area contributed by atoms with Gasteiger partial charge in [-0.05, 0) is 6.42 Å². The predicted octanol–water partition coefficient (Wildman–Crippen LogP) is 1.37. The number of H-pyrrole nitrogens is 1. The molecule has 4 rings (SSSR count). The number of aryl methyl sites for hydroxylation is 1. The van der Waals surface area contributed by atoms with E-state index >= 15 is 0 Å². The van der Waals surface area contributed by atoms with E-state index in [0.717, 1.165) is 5.56 Å². The van der Waals surface area contributed by atoms with Crippen LogP contribution in [-0.2, 0) is 20.0 Å². The van der Waals surface area contributed by atoms with Crippen molar-refractivity contribution in [1.82, 2.24) is 24.4 Å². The Hall–Kier alpha value is -3.22. The van der Waals surface area contributed by atoms with Gasteiger partial charge in [-0.1, -0.05) is 30.3 Å². The van der Waals surface area contributed by atoms with Gasteiger partial charge in [0, 0.05) is 24.7 Å². The van der Waals surface area contributed by atoms with Gasteiger partial charge >= 0.3 is 0 Å². The molecule has 0 saturated carbocycles. The smallest absolute Gasteiger partial charge is 0.272 e. The zero-order chi connectivity index (χ0) is 17.4. The summed E-state index contributed by atoms with van der Waals surface area (Å²) >= 11 is 0. The number of hydrogen-bond donors (Lipinski definition) is 1.